The number of para-hydroxylation sites is 2. The maximum Gasteiger partial charge on any atom is 0.213 e. The Bertz CT molecular complexity index is 2160. The summed E-state index contributed by atoms with van der Waals surface area (Å²) in [4.78, 5) is 2.15. The van der Waals surface area contributed by atoms with E-state index in [0.717, 1.165) is 13.1 Å². The molecule has 228 valence electrons. The minimum absolute atomic E-state index is 0.949. The first-order valence-corrected chi connectivity index (χ1v) is 16.1. The van der Waals surface area contributed by atoms with Gasteiger partial charge in [0, 0.05) is 60.3 Å². The van der Waals surface area contributed by atoms with Crippen LogP contribution in [-0.4, -0.2) is 25.2 Å². The van der Waals surface area contributed by atoms with Gasteiger partial charge in [0.15, 0.2) is 0 Å². The number of rotatable bonds is 5. The number of aromatic nitrogens is 1. The highest BCUT2D eigenvalue weighted by Crippen LogP contribution is 2.34. The van der Waals surface area contributed by atoms with Gasteiger partial charge in [0.25, 0.3) is 0 Å². The summed E-state index contributed by atoms with van der Waals surface area (Å²) in [6.45, 7) is 6.35. The number of fused-ring (bicyclic) bond motifs is 6. The van der Waals surface area contributed by atoms with Crippen molar-refractivity contribution >= 4 is 38.8 Å². The van der Waals surface area contributed by atoms with Gasteiger partial charge in [0.05, 0.1) is 11.1 Å². The number of benzene rings is 5. The van der Waals surface area contributed by atoms with Crippen LogP contribution < -0.4 is 38.7 Å². The Morgan fingerprint density at radius 1 is 0.689 bits per heavy atom. The van der Waals surface area contributed by atoms with Gasteiger partial charge in [0.1, 0.15) is 6.54 Å². The van der Waals surface area contributed by atoms with Crippen LogP contribution in [0.1, 0.15) is 25.0 Å². The number of aryl methyl sites for hydroxylation is 1. The van der Waals surface area contributed by atoms with E-state index in [-0.39, 0.29) is 0 Å². The van der Waals surface area contributed by atoms with E-state index in [4.69, 9.17) is 18.6 Å². The smallest absolute Gasteiger partial charge is 0.213 e. The van der Waals surface area contributed by atoms with E-state index in [1.807, 2.05) is 0 Å². The first kappa shape index (κ1) is 30.5. The fourth-order valence-electron chi connectivity index (χ4n) is 6.53. The lowest BCUT2D eigenvalue weighted by Gasteiger charge is -2.17. The summed E-state index contributed by atoms with van der Waals surface area (Å²) in [5, 5.41) is 5.14. The average molecular weight is 620 g/mol. The third kappa shape index (κ3) is 5.84. The molecule has 1 aliphatic heterocycles. The van der Waals surface area contributed by atoms with Crippen molar-refractivity contribution in [1.82, 2.24) is 9.14 Å². The summed E-state index contributed by atoms with van der Waals surface area (Å²) >= 11 is 0. The lowest BCUT2D eigenvalue weighted by Crippen LogP contribution is -2.68. The second-order valence-corrected chi connectivity index (χ2v) is 11.9. The van der Waals surface area contributed by atoms with Gasteiger partial charge in [-0.2, -0.15) is 4.58 Å². The highest BCUT2D eigenvalue weighted by atomic mass is 35.7. The quantitative estimate of drug-likeness (QED) is 0.275. The minimum atomic E-state index is -4.94. The molecule has 1 aliphatic rings. The predicted octanol–water partition coefficient (Wildman–Crippen LogP) is 2.19. The zero-order chi connectivity index (χ0) is 31.9. The Labute approximate surface area is 264 Å². The van der Waals surface area contributed by atoms with Crippen molar-refractivity contribution in [3.05, 3.63) is 131 Å². The Balaban J connectivity index is 0.000000664. The Morgan fingerprint density at radius 2 is 1.33 bits per heavy atom. The van der Waals surface area contributed by atoms with E-state index in [1.54, 1.807) is 0 Å². The van der Waals surface area contributed by atoms with Gasteiger partial charge in [-0.3, -0.25) is 0 Å². The number of nitrogens with zero attached hydrogens (tertiary/aromatic N) is 3. The molecule has 0 aliphatic carbocycles. The van der Waals surface area contributed by atoms with Crippen molar-refractivity contribution in [3.63, 3.8) is 0 Å². The Hall–Kier alpha value is -4.50. The molecule has 0 atom stereocenters. The highest BCUT2D eigenvalue weighted by molar-refractivity contribution is 6.09. The third-order valence-electron chi connectivity index (χ3n) is 8.43. The van der Waals surface area contributed by atoms with Crippen LogP contribution in [0, 0.1) is 10.2 Å². The normalized spacial score (nSPS) is 12.9. The Kier molecular flexibility index (Phi) is 8.22. The fourth-order valence-corrected chi connectivity index (χ4v) is 6.53. The van der Waals surface area contributed by atoms with Crippen LogP contribution in [0.2, 0.25) is 0 Å². The molecule has 0 unspecified atom stereocenters. The summed E-state index contributed by atoms with van der Waals surface area (Å²) in [7, 11) is -0.761. The van der Waals surface area contributed by atoms with Crippen LogP contribution in [0.25, 0.3) is 38.5 Å². The number of anilines is 1. The van der Waals surface area contributed by atoms with Crippen LogP contribution in [0.15, 0.2) is 109 Å². The maximum absolute atomic E-state index is 8.49. The molecule has 7 nitrogen and oxygen atoms in total. The molecule has 1 aromatic heterocycles. The summed E-state index contributed by atoms with van der Waals surface area (Å²) in [6.07, 6.45) is 0. The molecule has 2 heterocycles. The van der Waals surface area contributed by atoms with Gasteiger partial charge in [-0.15, -0.1) is 10.2 Å². The van der Waals surface area contributed by atoms with Crippen LogP contribution in [-0.2, 0) is 6.54 Å². The van der Waals surface area contributed by atoms with Crippen molar-refractivity contribution < 1.29 is 28.9 Å². The topological polar surface area (TPSA) is 103 Å². The molecular formula is C37H34ClN3O4. The van der Waals surface area contributed by atoms with Crippen molar-refractivity contribution in [2.24, 2.45) is 0 Å². The van der Waals surface area contributed by atoms with E-state index < -0.39 is 10.2 Å². The van der Waals surface area contributed by atoms with E-state index in [2.05, 4.69) is 151 Å². The largest absolute Gasteiger partial charge is 0.378 e. The molecule has 0 fully saturated rings. The molecule has 45 heavy (non-hydrogen) atoms. The first-order chi connectivity index (χ1) is 21.6. The molecule has 0 bridgehead atoms. The molecule has 0 amide bonds. The molecule has 0 saturated carbocycles. The molecule has 0 saturated heterocycles. The summed E-state index contributed by atoms with van der Waals surface area (Å²) in [5.41, 5.74) is 11.4. The lowest BCUT2D eigenvalue weighted by molar-refractivity contribution is -2.00. The van der Waals surface area contributed by atoms with Gasteiger partial charge < -0.3 is 9.47 Å². The lowest BCUT2D eigenvalue weighted by atomic mass is 9.93. The minimum Gasteiger partial charge on any atom is -0.378 e. The number of hydrogen-bond donors (Lipinski definition) is 0. The average Bonchev–Trinajstić information content (AvgIpc) is 3.52. The van der Waals surface area contributed by atoms with Gasteiger partial charge in [-0.1, -0.05) is 48.5 Å². The third-order valence-corrected chi connectivity index (χ3v) is 8.43. The van der Waals surface area contributed by atoms with E-state index >= 15 is 0 Å². The number of hydrogen-bond acceptors (Lipinski definition) is 5. The van der Waals surface area contributed by atoms with Crippen molar-refractivity contribution in [3.8, 4) is 11.1 Å². The zero-order valence-electron chi connectivity index (χ0n) is 25.7. The van der Waals surface area contributed by atoms with E-state index in [1.165, 1.54) is 71.6 Å². The number of halogens is 1. The highest BCUT2D eigenvalue weighted by Gasteiger charge is 2.26. The predicted molar refractivity (Wildman–Crippen MR) is 170 cm³/mol. The molecule has 0 spiro atoms. The molecule has 5 aromatic carbocycles. The second kappa shape index (κ2) is 12.1. The second-order valence-electron chi connectivity index (χ2n) is 11.2. The SMILES string of the molecule is CCn1c2ccccc2c2cc(C(c3ccc(N(C)C)cc3)=c3ccc4c(c3)-c3ccccc3[N+]=4CC)ccc21.[O-][Cl+3]([O-])([O-])[O-]. The molecule has 6 aromatic rings. The van der Waals surface area contributed by atoms with Gasteiger partial charge in [0.2, 0.25) is 11.0 Å². The standard InChI is InChI=1S/C37H34N3.ClHO4/c1-5-39-33-13-9-7-11-29(33)31-23-26(17-21-35(31)39)37(25-15-19-28(20-16-25)38(3)4)27-18-22-36-32(24-27)30-12-8-10-14-34(30)40(36)6-2;2-1(3,4)5/h7-24H,5-6H2,1-4H3;(H,2,3,4,5)/q+1;/p-1. The monoisotopic (exact) mass is 619 g/mol. The van der Waals surface area contributed by atoms with Crippen molar-refractivity contribution in [1.29, 1.82) is 0 Å². The van der Waals surface area contributed by atoms with Crippen LogP contribution in [0.4, 0.5) is 11.4 Å². The van der Waals surface area contributed by atoms with Crippen LogP contribution in [0.5, 0.6) is 0 Å². The fraction of sp³-hybridized carbons (Fsp3) is 0.162. The van der Waals surface area contributed by atoms with Crippen molar-refractivity contribution in [2.75, 3.05) is 25.5 Å². The maximum atomic E-state index is 8.49. The Morgan fingerprint density at radius 3 is 2.02 bits per heavy atom. The summed E-state index contributed by atoms with van der Waals surface area (Å²) in [5.74, 6) is 0. The van der Waals surface area contributed by atoms with Gasteiger partial charge >= 0.3 is 0 Å². The molecule has 7 rings (SSSR count). The van der Waals surface area contributed by atoms with Crippen LogP contribution in [0.3, 0.4) is 0 Å². The summed E-state index contributed by atoms with van der Waals surface area (Å²) < 4.78 is 38.8. The van der Waals surface area contributed by atoms with Gasteiger partial charge in [-0.25, -0.2) is 18.6 Å². The van der Waals surface area contributed by atoms with Crippen molar-refractivity contribution in [2.45, 2.75) is 20.4 Å². The first-order valence-electron chi connectivity index (χ1n) is 14.9. The molecule has 8 heteroatoms. The van der Waals surface area contributed by atoms with Crippen LogP contribution >= 0.6 is 0 Å². The van der Waals surface area contributed by atoms with E-state index in [0.29, 0.717) is 0 Å². The summed E-state index contributed by atoms with van der Waals surface area (Å²) in [6, 6.07) is 40.6. The van der Waals surface area contributed by atoms with Gasteiger partial charge in [-0.05, 0) is 84.3 Å². The molecule has 0 N–H and O–H groups in total. The molecule has 0 radical (unpaired) electrons. The molecular weight excluding hydrogens is 586 g/mol. The van der Waals surface area contributed by atoms with E-state index in [9.17, 15) is 0 Å². The zero-order valence-corrected chi connectivity index (χ0v) is 26.4.